The topological polar surface area (TPSA) is 49.4 Å². The van der Waals surface area contributed by atoms with Gasteiger partial charge in [0.15, 0.2) is 0 Å². The van der Waals surface area contributed by atoms with Gasteiger partial charge in [0.1, 0.15) is 6.04 Å². The second-order valence-electron chi connectivity index (χ2n) is 6.57. The third-order valence-electron chi connectivity index (χ3n) is 4.37. The Balaban J connectivity index is 2.08. The minimum absolute atomic E-state index is 0.0464. The van der Waals surface area contributed by atoms with Crippen LogP contribution in [0.4, 0.5) is 0 Å². The molecule has 0 aliphatic rings. The standard InChI is InChI=1S/C22H27BrN2O2S/c1-3-4-14-24-22(27)17(2)25(15-18-10-12-19(23)13-11-18)21(26)16-28-20-8-6-5-7-9-20/h5-13,17H,3-4,14-16H2,1-2H3,(H,24,27)/t17-/m0/s1. The van der Waals surface area contributed by atoms with Crippen molar-refractivity contribution in [1.29, 1.82) is 0 Å². The summed E-state index contributed by atoms with van der Waals surface area (Å²) in [5.41, 5.74) is 0.995. The maximum atomic E-state index is 13.0. The Morgan fingerprint density at radius 2 is 1.79 bits per heavy atom. The van der Waals surface area contributed by atoms with Crippen LogP contribution in [0.15, 0.2) is 64.0 Å². The van der Waals surface area contributed by atoms with E-state index in [9.17, 15) is 9.59 Å². The van der Waals surface area contributed by atoms with Gasteiger partial charge in [-0.15, -0.1) is 11.8 Å². The highest BCUT2D eigenvalue weighted by atomic mass is 79.9. The minimum Gasteiger partial charge on any atom is -0.354 e. The lowest BCUT2D eigenvalue weighted by molar-refractivity contribution is -0.138. The third kappa shape index (κ3) is 7.32. The highest BCUT2D eigenvalue weighted by molar-refractivity contribution is 9.10. The number of thioether (sulfide) groups is 1. The maximum absolute atomic E-state index is 13.0. The Hall–Kier alpha value is -1.79. The highest BCUT2D eigenvalue weighted by Crippen LogP contribution is 2.20. The summed E-state index contributed by atoms with van der Waals surface area (Å²) in [4.78, 5) is 28.3. The first-order chi connectivity index (χ1) is 13.5. The molecule has 2 aromatic rings. The van der Waals surface area contributed by atoms with Gasteiger partial charge < -0.3 is 10.2 Å². The van der Waals surface area contributed by atoms with Gasteiger partial charge in [0, 0.05) is 22.5 Å². The summed E-state index contributed by atoms with van der Waals surface area (Å²) in [6, 6.07) is 17.1. The van der Waals surface area contributed by atoms with E-state index < -0.39 is 6.04 Å². The monoisotopic (exact) mass is 462 g/mol. The van der Waals surface area contributed by atoms with Crippen LogP contribution in [0, 0.1) is 0 Å². The zero-order chi connectivity index (χ0) is 20.4. The molecule has 1 N–H and O–H groups in total. The summed E-state index contributed by atoms with van der Waals surface area (Å²) >= 11 is 4.92. The van der Waals surface area contributed by atoms with Crippen LogP contribution in [0.3, 0.4) is 0 Å². The Morgan fingerprint density at radius 1 is 1.11 bits per heavy atom. The minimum atomic E-state index is -0.524. The number of carbonyl (C=O) groups excluding carboxylic acids is 2. The van der Waals surface area contributed by atoms with Crippen molar-refractivity contribution >= 4 is 39.5 Å². The third-order valence-corrected chi connectivity index (χ3v) is 5.89. The number of amides is 2. The van der Waals surface area contributed by atoms with Crippen LogP contribution in [0.2, 0.25) is 0 Å². The van der Waals surface area contributed by atoms with E-state index in [4.69, 9.17) is 0 Å². The largest absolute Gasteiger partial charge is 0.354 e. The second-order valence-corrected chi connectivity index (χ2v) is 8.53. The van der Waals surface area contributed by atoms with Crippen molar-refractivity contribution in [2.45, 2.75) is 44.2 Å². The Labute approximate surface area is 180 Å². The van der Waals surface area contributed by atoms with Gasteiger partial charge in [-0.3, -0.25) is 9.59 Å². The molecule has 6 heteroatoms. The molecule has 0 aliphatic carbocycles. The Kier molecular flexibility index (Phi) is 9.58. The van der Waals surface area contributed by atoms with Crippen molar-refractivity contribution in [1.82, 2.24) is 10.2 Å². The molecule has 1 atom stereocenters. The van der Waals surface area contributed by atoms with Crippen molar-refractivity contribution in [2.24, 2.45) is 0 Å². The molecular formula is C22H27BrN2O2S. The fourth-order valence-corrected chi connectivity index (χ4v) is 3.72. The summed E-state index contributed by atoms with van der Waals surface area (Å²) in [6.07, 6.45) is 1.95. The molecule has 28 heavy (non-hydrogen) atoms. The number of nitrogens with one attached hydrogen (secondary N) is 1. The zero-order valence-electron chi connectivity index (χ0n) is 16.4. The molecule has 0 heterocycles. The molecule has 0 aliphatic heterocycles. The molecule has 0 radical (unpaired) electrons. The van der Waals surface area contributed by atoms with Crippen LogP contribution in [-0.2, 0) is 16.1 Å². The Morgan fingerprint density at radius 3 is 2.43 bits per heavy atom. The number of benzene rings is 2. The van der Waals surface area contributed by atoms with Gasteiger partial charge in [-0.2, -0.15) is 0 Å². The lowest BCUT2D eigenvalue weighted by atomic mass is 10.1. The molecule has 150 valence electrons. The summed E-state index contributed by atoms with van der Waals surface area (Å²) < 4.78 is 0.985. The predicted octanol–water partition coefficient (Wildman–Crippen LogP) is 4.87. The van der Waals surface area contributed by atoms with E-state index in [1.165, 1.54) is 11.8 Å². The Bertz CT molecular complexity index is 753. The van der Waals surface area contributed by atoms with Crippen molar-refractivity contribution in [3.05, 3.63) is 64.6 Å². The lowest BCUT2D eigenvalue weighted by Gasteiger charge is -2.28. The van der Waals surface area contributed by atoms with E-state index in [2.05, 4.69) is 28.2 Å². The molecule has 0 bridgehead atoms. The molecular weight excluding hydrogens is 436 g/mol. The SMILES string of the molecule is CCCCNC(=O)[C@H](C)N(Cc1ccc(Br)cc1)C(=O)CSc1ccccc1. The highest BCUT2D eigenvalue weighted by Gasteiger charge is 2.25. The van der Waals surface area contributed by atoms with E-state index in [1.54, 1.807) is 11.8 Å². The van der Waals surface area contributed by atoms with Crippen LogP contribution < -0.4 is 5.32 Å². The summed E-state index contributed by atoms with van der Waals surface area (Å²) in [7, 11) is 0. The molecule has 0 spiro atoms. The van der Waals surface area contributed by atoms with Gasteiger partial charge in [0.25, 0.3) is 0 Å². The van der Waals surface area contributed by atoms with Crippen LogP contribution in [0.5, 0.6) is 0 Å². The van der Waals surface area contributed by atoms with Crippen molar-refractivity contribution < 1.29 is 9.59 Å². The van der Waals surface area contributed by atoms with E-state index in [0.717, 1.165) is 27.8 Å². The normalized spacial score (nSPS) is 11.7. The average Bonchev–Trinajstić information content (AvgIpc) is 2.72. The van der Waals surface area contributed by atoms with Crippen LogP contribution in [0.25, 0.3) is 0 Å². The number of hydrogen-bond donors (Lipinski definition) is 1. The van der Waals surface area contributed by atoms with Crippen molar-refractivity contribution in [2.75, 3.05) is 12.3 Å². The molecule has 0 unspecified atom stereocenters. The lowest BCUT2D eigenvalue weighted by Crippen LogP contribution is -2.48. The predicted molar refractivity (Wildman–Crippen MR) is 119 cm³/mol. The molecule has 2 amide bonds. The first-order valence-electron chi connectivity index (χ1n) is 9.50. The number of carbonyl (C=O) groups is 2. The van der Waals surface area contributed by atoms with Gasteiger partial charge in [-0.05, 0) is 43.2 Å². The van der Waals surface area contributed by atoms with Crippen LogP contribution >= 0.6 is 27.7 Å². The fourth-order valence-electron chi connectivity index (χ4n) is 2.65. The number of halogens is 1. The summed E-state index contributed by atoms with van der Waals surface area (Å²) in [5, 5.41) is 2.94. The smallest absolute Gasteiger partial charge is 0.242 e. The van der Waals surface area contributed by atoms with E-state index in [-0.39, 0.29) is 11.8 Å². The summed E-state index contributed by atoms with van der Waals surface area (Å²) in [5.74, 6) is 0.145. The van der Waals surface area contributed by atoms with Gasteiger partial charge in [-0.1, -0.05) is 59.6 Å². The molecule has 2 aromatic carbocycles. The van der Waals surface area contributed by atoms with Gasteiger partial charge >= 0.3 is 0 Å². The second kappa shape index (κ2) is 11.9. The van der Waals surface area contributed by atoms with Gasteiger partial charge in [-0.25, -0.2) is 0 Å². The van der Waals surface area contributed by atoms with Gasteiger partial charge in [0.2, 0.25) is 11.8 Å². The number of unbranched alkanes of at least 4 members (excludes halogenated alkanes) is 1. The molecule has 0 fully saturated rings. The van der Waals surface area contributed by atoms with E-state index in [1.807, 2.05) is 54.6 Å². The number of nitrogens with zero attached hydrogens (tertiary/aromatic N) is 1. The number of hydrogen-bond acceptors (Lipinski definition) is 3. The molecule has 4 nitrogen and oxygen atoms in total. The first kappa shape index (κ1) is 22.5. The molecule has 2 rings (SSSR count). The van der Waals surface area contributed by atoms with Gasteiger partial charge in [0.05, 0.1) is 5.75 Å². The summed E-state index contributed by atoms with van der Waals surface area (Å²) in [6.45, 7) is 4.92. The van der Waals surface area contributed by atoms with Crippen LogP contribution in [0.1, 0.15) is 32.3 Å². The molecule has 0 aromatic heterocycles. The fraction of sp³-hybridized carbons (Fsp3) is 0.364. The molecule has 0 saturated heterocycles. The van der Waals surface area contributed by atoms with Crippen LogP contribution in [-0.4, -0.2) is 35.1 Å². The van der Waals surface area contributed by atoms with Crippen molar-refractivity contribution in [3.8, 4) is 0 Å². The average molecular weight is 463 g/mol. The molecule has 0 saturated carbocycles. The maximum Gasteiger partial charge on any atom is 0.242 e. The quantitative estimate of drug-likeness (QED) is 0.404. The van der Waals surface area contributed by atoms with E-state index >= 15 is 0 Å². The van der Waals surface area contributed by atoms with Crippen molar-refractivity contribution in [3.63, 3.8) is 0 Å². The number of rotatable bonds is 10. The van der Waals surface area contributed by atoms with E-state index in [0.29, 0.717) is 18.8 Å². The first-order valence-corrected chi connectivity index (χ1v) is 11.3. The zero-order valence-corrected chi connectivity index (χ0v) is 18.8.